The number of rotatable bonds is 5. The van der Waals surface area contributed by atoms with Gasteiger partial charge in [-0.15, -0.1) is 0 Å². The second kappa shape index (κ2) is 7.53. The Morgan fingerprint density at radius 1 is 1.33 bits per heavy atom. The maximum absolute atomic E-state index is 12.5. The molecule has 0 aromatic heterocycles. The molecule has 3 rings (SSSR count). The molecule has 0 radical (unpaired) electrons. The van der Waals surface area contributed by atoms with Crippen LogP contribution in [-0.2, 0) is 0 Å². The molecule has 5 heteroatoms. The van der Waals surface area contributed by atoms with E-state index in [2.05, 4.69) is 27.8 Å². The van der Waals surface area contributed by atoms with Gasteiger partial charge in [0.2, 0.25) is 0 Å². The van der Waals surface area contributed by atoms with Gasteiger partial charge in [-0.1, -0.05) is 28.6 Å². The number of halogens is 1. The van der Waals surface area contributed by atoms with E-state index in [9.17, 15) is 4.79 Å². The van der Waals surface area contributed by atoms with Gasteiger partial charge in [-0.3, -0.25) is 4.79 Å². The first-order chi connectivity index (χ1) is 11.7. The third kappa shape index (κ3) is 3.79. The fraction of sp³-hybridized carbons (Fsp3) is 0.211. The second-order valence-corrected chi connectivity index (χ2v) is 6.39. The highest BCUT2D eigenvalue weighted by atomic mass is 79.9. The number of nitrogens with one attached hydrogen (secondary N) is 1. The normalized spacial score (nSPS) is 15.8. The lowest BCUT2D eigenvalue weighted by molar-refractivity contribution is 0.0924. The number of amides is 1. The molecule has 2 aromatic rings. The van der Waals surface area contributed by atoms with E-state index in [1.54, 1.807) is 30.3 Å². The van der Waals surface area contributed by atoms with Gasteiger partial charge in [-0.2, -0.15) is 0 Å². The first-order valence-corrected chi connectivity index (χ1v) is 8.53. The molecule has 1 atom stereocenters. The molecule has 0 spiro atoms. The van der Waals surface area contributed by atoms with Gasteiger partial charge in [0.15, 0.2) is 0 Å². The first kappa shape index (κ1) is 16.6. The Bertz CT molecular complexity index is 743. The summed E-state index contributed by atoms with van der Waals surface area (Å²) in [6.07, 6.45) is 2.43. The Balaban J connectivity index is 1.71. The zero-order valence-corrected chi connectivity index (χ0v) is 14.7. The lowest BCUT2D eigenvalue weighted by Crippen LogP contribution is -2.32. The van der Waals surface area contributed by atoms with Crippen molar-refractivity contribution in [2.45, 2.75) is 12.5 Å². The van der Waals surface area contributed by atoms with Crippen LogP contribution in [0, 0.1) is 0 Å². The van der Waals surface area contributed by atoms with Crippen LogP contribution in [0.5, 0.6) is 11.5 Å². The van der Waals surface area contributed by atoms with E-state index in [-0.39, 0.29) is 11.9 Å². The van der Waals surface area contributed by atoms with E-state index in [4.69, 9.17) is 9.47 Å². The van der Waals surface area contributed by atoms with E-state index in [0.29, 0.717) is 24.5 Å². The van der Waals surface area contributed by atoms with Crippen LogP contribution in [-0.4, -0.2) is 19.1 Å². The van der Waals surface area contributed by atoms with E-state index in [1.165, 1.54) is 0 Å². The number of carbonyl (C=O) groups excluding carboxylic acids is 1. The molecule has 0 bridgehead atoms. The molecule has 0 aliphatic carbocycles. The van der Waals surface area contributed by atoms with Crippen LogP contribution in [0.1, 0.15) is 28.4 Å². The van der Waals surface area contributed by atoms with Crippen molar-refractivity contribution in [2.75, 3.05) is 13.2 Å². The third-order valence-corrected chi connectivity index (χ3v) is 4.29. The standard InChI is InChI=1S/C19H18BrNO3/c1-2-10-23-15-6-3-13(4-7-15)19(22)21-17-9-11-24-18-8-5-14(20)12-16(17)18/h2-8,12,17H,1,9-11H2,(H,21,22). The molecule has 124 valence electrons. The average molecular weight is 388 g/mol. The van der Waals surface area contributed by atoms with Gasteiger partial charge in [-0.05, 0) is 42.5 Å². The molecule has 0 saturated carbocycles. The van der Waals surface area contributed by atoms with E-state index in [1.807, 2.05) is 18.2 Å². The zero-order chi connectivity index (χ0) is 16.9. The first-order valence-electron chi connectivity index (χ1n) is 7.74. The Labute approximate surface area is 149 Å². The summed E-state index contributed by atoms with van der Waals surface area (Å²) in [5.41, 5.74) is 1.60. The number of hydrogen-bond donors (Lipinski definition) is 1. The van der Waals surface area contributed by atoms with Crippen molar-refractivity contribution in [2.24, 2.45) is 0 Å². The van der Waals surface area contributed by atoms with Crippen LogP contribution in [0.2, 0.25) is 0 Å². The van der Waals surface area contributed by atoms with Gasteiger partial charge in [0.05, 0.1) is 12.6 Å². The summed E-state index contributed by atoms with van der Waals surface area (Å²) >= 11 is 3.47. The molecule has 0 saturated heterocycles. The number of benzene rings is 2. The second-order valence-electron chi connectivity index (χ2n) is 5.47. The average Bonchev–Trinajstić information content (AvgIpc) is 2.61. The minimum atomic E-state index is -0.108. The van der Waals surface area contributed by atoms with Crippen LogP contribution >= 0.6 is 15.9 Å². The quantitative estimate of drug-likeness (QED) is 0.779. The summed E-state index contributed by atoms with van der Waals surface area (Å²) in [4.78, 5) is 12.5. The van der Waals surface area contributed by atoms with Crippen LogP contribution in [0.15, 0.2) is 59.6 Å². The van der Waals surface area contributed by atoms with Gasteiger partial charge in [0, 0.05) is 22.0 Å². The van der Waals surface area contributed by atoms with Crippen molar-refractivity contribution in [3.8, 4) is 11.5 Å². The highest BCUT2D eigenvalue weighted by Gasteiger charge is 2.23. The minimum Gasteiger partial charge on any atom is -0.493 e. The molecule has 1 heterocycles. The van der Waals surface area contributed by atoms with Gasteiger partial charge in [0.25, 0.3) is 5.91 Å². The van der Waals surface area contributed by atoms with E-state index in [0.717, 1.165) is 22.2 Å². The number of fused-ring (bicyclic) bond motifs is 1. The summed E-state index contributed by atoms with van der Waals surface area (Å²) < 4.78 is 12.0. The van der Waals surface area contributed by atoms with Crippen molar-refractivity contribution in [3.05, 3.63) is 70.7 Å². The number of ether oxygens (including phenoxy) is 2. The largest absolute Gasteiger partial charge is 0.493 e. The molecule has 1 unspecified atom stereocenters. The van der Waals surface area contributed by atoms with Crippen LogP contribution in [0.3, 0.4) is 0 Å². The molecule has 1 aliphatic rings. The molecule has 0 fully saturated rings. The van der Waals surface area contributed by atoms with E-state index >= 15 is 0 Å². The lowest BCUT2D eigenvalue weighted by atomic mass is 10.00. The monoisotopic (exact) mass is 387 g/mol. The summed E-state index contributed by atoms with van der Waals surface area (Å²) in [7, 11) is 0. The maximum atomic E-state index is 12.5. The predicted octanol–water partition coefficient (Wildman–Crippen LogP) is 4.27. The van der Waals surface area contributed by atoms with Crippen molar-refractivity contribution < 1.29 is 14.3 Å². The molecule has 1 aliphatic heterocycles. The summed E-state index contributed by atoms with van der Waals surface area (Å²) in [5, 5.41) is 3.08. The number of hydrogen-bond acceptors (Lipinski definition) is 3. The van der Waals surface area contributed by atoms with E-state index < -0.39 is 0 Å². The lowest BCUT2D eigenvalue weighted by Gasteiger charge is -2.27. The van der Waals surface area contributed by atoms with Gasteiger partial charge < -0.3 is 14.8 Å². The molecular weight excluding hydrogens is 370 g/mol. The predicted molar refractivity (Wildman–Crippen MR) is 96.6 cm³/mol. The molecule has 1 N–H and O–H groups in total. The molecule has 2 aromatic carbocycles. The number of carbonyl (C=O) groups is 1. The van der Waals surface area contributed by atoms with Gasteiger partial charge in [0.1, 0.15) is 18.1 Å². The zero-order valence-electron chi connectivity index (χ0n) is 13.1. The summed E-state index contributed by atoms with van der Waals surface area (Å²) in [6.45, 7) is 4.64. The van der Waals surface area contributed by atoms with Crippen molar-refractivity contribution in [1.82, 2.24) is 5.32 Å². The summed E-state index contributed by atoms with van der Waals surface area (Å²) in [5.74, 6) is 1.43. The SMILES string of the molecule is C=CCOc1ccc(C(=O)NC2CCOc3ccc(Br)cc32)cc1. The molecular formula is C19H18BrNO3. The highest BCUT2D eigenvalue weighted by molar-refractivity contribution is 9.10. The fourth-order valence-electron chi connectivity index (χ4n) is 2.61. The van der Waals surface area contributed by atoms with Crippen LogP contribution in [0.4, 0.5) is 0 Å². The van der Waals surface area contributed by atoms with Gasteiger partial charge >= 0.3 is 0 Å². The molecule has 1 amide bonds. The minimum absolute atomic E-state index is 0.0598. The third-order valence-electron chi connectivity index (χ3n) is 3.80. The highest BCUT2D eigenvalue weighted by Crippen LogP contribution is 2.34. The van der Waals surface area contributed by atoms with Crippen LogP contribution in [0.25, 0.3) is 0 Å². The summed E-state index contributed by atoms with van der Waals surface area (Å²) in [6, 6.07) is 12.9. The van der Waals surface area contributed by atoms with Crippen molar-refractivity contribution in [3.63, 3.8) is 0 Å². The Hall–Kier alpha value is -2.27. The smallest absolute Gasteiger partial charge is 0.251 e. The fourth-order valence-corrected chi connectivity index (χ4v) is 2.99. The molecule has 24 heavy (non-hydrogen) atoms. The Morgan fingerprint density at radius 3 is 2.88 bits per heavy atom. The van der Waals surface area contributed by atoms with Crippen molar-refractivity contribution >= 4 is 21.8 Å². The van der Waals surface area contributed by atoms with Crippen molar-refractivity contribution in [1.29, 1.82) is 0 Å². The van der Waals surface area contributed by atoms with Crippen LogP contribution < -0.4 is 14.8 Å². The Kier molecular flexibility index (Phi) is 5.20. The molecule has 4 nitrogen and oxygen atoms in total. The van der Waals surface area contributed by atoms with Gasteiger partial charge in [-0.25, -0.2) is 0 Å². The maximum Gasteiger partial charge on any atom is 0.251 e. The Morgan fingerprint density at radius 2 is 2.12 bits per heavy atom. The topological polar surface area (TPSA) is 47.6 Å².